The second-order valence-electron chi connectivity index (χ2n) is 4.55. The molecule has 17 heavy (non-hydrogen) atoms. The summed E-state index contributed by atoms with van der Waals surface area (Å²) in [4.78, 5) is 14.8. The Morgan fingerprint density at radius 2 is 2.00 bits per heavy atom. The molecule has 0 atom stereocenters. The normalized spacial score (nSPS) is 12.5. The molecule has 4 nitrogen and oxygen atoms in total. The highest BCUT2D eigenvalue weighted by Gasteiger charge is 2.16. The summed E-state index contributed by atoms with van der Waals surface area (Å²) in [6.07, 6.45) is -0.631. The predicted molar refractivity (Wildman–Crippen MR) is 66.7 cm³/mol. The van der Waals surface area contributed by atoms with Crippen LogP contribution in [0.15, 0.2) is 28.7 Å². The topological polar surface area (TPSA) is 50.7 Å². The van der Waals surface area contributed by atoms with E-state index in [9.17, 15) is 9.18 Å². The number of halogens is 1. The van der Waals surface area contributed by atoms with E-state index in [1.165, 1.54) is 6.92 Å². The van der Waals surface area contributed by atoms with E-state index in [1.807, 2.05) is 0 Å². The number of ether oxygens (including phenoxy) is 1. The van der Waals surface area contributed by atoms with E-state index >= 15 is 0 Å². The molecule has 0 rings (SSSR count). The van der Waals surface area contributed by atoms with Crippen LogP contribution in [0.25, 0.3) is 0 Å². The lowest BCUT2D eigenvalue weighted by Gasteiger charge is -2.19. The van der Waals surface area contributed by atoms with Gasteiger partial charge in [-0.1, -0.05) is 6.58 Å². The van der Waals surface area contributed by atoms with Crippen molar-refractivity contribution in [3.05, 3.63) is 23.7 Å². The fourth-order valence-corrected chi connectivity index (χ4v) is 0.919. The molecule has 0 radical (unpaired) electrons. The van der Waals surface area contributed by atoms with Gasteiger partial charge in [0.05, 0.1) is 12.2 Å². The smallest absolute Gasteiger partial charge is 0.407 e. The molecule has 0 spiro atoms. The van der Waals surface area contributed by atoms with Crippen molar-refractivity contribution in [1.29, 1.82) is 0 Å². The summed E-state index contributed by atoms with van der Waals surface area (Å²) in [5, 5.41) is 2.39. The molecular weight excluding hydrogens is 223 g/mol. The van der Waals surface area contributed by atoms with Crippen LogP contribution in [0.5, 0.6) is 0 Å². The van der Waals surface area contributed by atoms with E-state index in [0.29, 0.717) is 0 Å². The third-order valence-electron chi connectivity index (χ3n) is 1.62. The highest BCUT2D eigenvalue weighted by atomic mass is 19.1. The van der Waals surface area contributed by atoms with Crippen LogP contribution < -0.4 is 5.32 Å². The van der Waals surface area contributed by atoms with E-state index in [2.05, 4.69) is 23.6 Å². The van der Waals surface area contributed by atoms with Crippen LogP contribution >= 0.6 is 0 Å². The lowest BCUT2D eigenvalue weighted by atomic mass is 10.2. The van der Waals surface area contributed by atoms with Crippen molar-refractivity contribution in [2.24, 2.45) is 4.99 Å². The summed E-state index contributed by atoms with van der Waals surface area (Å²) >= 11 is 0. The molecule has 5 heteroatoms. The van der Waals surface area contributed by atoms with Crippen LogP contribution in [-0.4, -0.2) is 25.0 Å². The number of aliphatic imine (C=N–C) groups is 1. The van der Waals surface area contributed by atoms with Gasteiger partial charge in [0.25, 0.3) is 0 Å². The highest BCUT2D eigenvalue weighted by Crippen LogP contribution is 2.14. The van der Waals surface area contributed by atoms with E-state index in [4.69, 9.17) is 4.74 Å². The fraction of sp³-hybridized carbons (Fsp3) is 0.500. The van der Waals surface area contributed by atoms with Crippen molar-refractivity contribution in [2.75, 3.05) is 6.54 Å². The zero-order valence-electron chi connectivity index (χ0n) is 10.8. The van der Waals surface area contributed by atoms with E-state index in [1.54, 1.807) is 20.8 Å². The summed E-state index contributed by atoms with van der Waals surface area (Å²) in [6.45, 7) is 13.3. The average molecular weight is 242 g/mol. The zero-order chi connectivity index (χ0) is 13.6. The van der Waals surface area contributed by atoms with Crippen molar-refractivity contribution in [3.8, 4) is 0 Å². The van der Waals surface area contributed by atoms with Gasteiger partial charge in [0.2, 0.25) is 0 Å². The number of nitrogens with zero attached hydrogens (tertiary/aromatic N) is 1. The largest absolute Gasteiger partial charge is 0.444 e. The quantitative estimate of drug-likeness (QED) is 0.608. The first kappa shape index (κ1) is 15.3. The van der Waals surface area contributed by atoms with Gasteiger partial charge in [-0.3, -0.25) is 4.99 Å². The lowest BCUT2D eigenvalue weighted by Crippen LogP contribution is -2.33. The molecule has 0 unspecified atom stereocenters. The molecule has 1 amide bonds. The number of carbonyl (C=O) groups excluding carboxylic acids is 1. The third-order valence-corrected chi connectivity index (χ3v) is 1.62. The Bertz CT molecular complexity index is 354. The lowest BCUT2D eigenvalue weighted by molar-refractivity contribution is 0.0532. The van der Waals surface area contributed by atoms with Crippen molar-refractivity contribution < 1.29 is 13.9 Å². The first-order valence-electron chi connectivity index (χ1n) is 5.15. The minimum absolute atomic E-state index is 0.0309. The molecule has 0 aliphatic carbocycles. The highest BCUT2D eigenvalue weighted by molar-refractivity contribution is 5.68. The fourth-order valence-electron chi connectivity index (χ4n) is 0.919. The molecular formula is C12H19FN2O2. The number of carbonyl (C=O) groups is 1. The van der Waals surface area contributed by atoms with Gasteiger partial charge in [-0.2, -0.15) is 0 Å². The number of amides is 1. The van der Waals surface area contributed by atoms with Crippen LogP contribution in [0.1, 0.15) is 27.7 Å². The van der Waals surface area contributed by atoms with E-state index < -0.39 is 17.5 Å². The number of rotatable bonds is 4. The molecule has 0 aromatic carbocycles. The Kier molecular flexibility index (Phi) is 5.58. The molecule has 1 N–H and O–H groups in total. The second-order valence-corrected chi connectivity index (χ2v) is 4.55. The molecule has 0 aromatic rings. The van der Waals surface area contributed by atoms with Crippen molar-refractivity contribution in [3.63, 3.8) is 0 Å². The van der Waals surface area contributed by atoms with Gasteiger partial charge in [0, 0.05) is 0 Å². The monoisotopic (exact) mass is 242 g/mol. The molecule has 0 saturated carbocycles. The van der Waals surface area contributed by atoms with Gasteiger partial charge in [0.1, 0.15) is 11.4 Å². The number of allylic oxidation sites excluding steroid dienone is 2. The molecule has 96 valence electrons. The summed E-state index contributed by atoms with van der Waals surface area (Å²) in [5.74, 6) is -0.573. The minimum Gasteiger partial charge on any atom is -0.444 e. The summed E-state index contributed by atoms with van der Waals surface area (Å²) in [7, 11) is 0. The molecule has 0 aromatic heterocycles. The second kappa shape index (κ2) is 6.18. The Morgan fingerprint density at radius 3 is 2.35 bits per heavy atom. The van der Waals surface area contributed by atoms with Gasteiger partial charge in [-0.15, -0.1) is 0 Å². The number of alkyl carbamates (subject to hydrolysis) is 1. The molecule has 0 aliphatic heterocycles. The Hall–Kier alpha value is -1.65. The van der Waals surface area contributed by atoms with Gasteiger partial charge in [-0.05, 0) is 40.0 Å². The standard InChI is InChI=1S/C12H19FN2O2/c1-8(2)10(13)9(14-6)7-15-11(16)17-12(3,4)5/h1,6-7H2,2-5H3,(H,15,16)/b10-9+. The third kappa shape index (κ3) is 6.50. The Balaban J connectivity index is 4.46. The van der Waals surface area contributed by atoms with Crippen molar-refractivity contribution >= 4 is 12.8 Å². The predicted octanol–water partition coefficient (Wildman–Crippen LogP) is 2.97. The van der Waals surface area contributed by atoms with Crippen LogP contribution in [-0.2, 0) is 4.74 Å². The maximum atomic E-state index is 13.4. The maximum absolute atomic E-state index is 13.4. The van der Waals surface area contributed by atoms with Crippen LogP contribution in [0.3, 0.4) is 0 Å². The van der Waals surface area contributed by atoms with Crippen LogP contribution in [0, 0.1) is 0 Å². The van der Waals surface area contributed by atoms with Crippen LogP contribution in [0.4, 0.5) is 9.18 Å². The van der Waals surface area contributed by atoms with Crippen molar-refractivity contribution in [1.82, 2.24) is 5.32 Å². The van der Waals surface area contributed by atoms with Gasteiger partial charge in [-0.25, -0.2) is 9.18 Å². The number of hydrogen-bond donors (Lipinski definition) is 1. The van der Waals surface area contributed by atoms with E-state index in [0.717, 1.165) is 0 Å². The molecule has 0 heterocycles. The van der Waals surface area contributed by atoms with Crippen LogP contribution in [0.2, 0.25) is 0 Å². The molecule has 0 bridgehead atoms. The minimum atomic E-state index is -0.631. The van der Waals surface area contributed by atoms with Gasteiger partial charge < -0.3 is 10.1 Å². The molecule has 0 aliphatic rings. The molecule has 0 saturated heterocycles. The summed E-state index contributed by atoms with van der Waals surface area (Å²) in [5.41, 5.74) is -0.329. The maximum Gasteiger partial charge on any atom is 0.407 e. The zero-order valence-corrected chi connectivity index (χ0v) is 10.8. The van der Waals surface area contributed by atoms with Crippen molar-refractivity contribution in [2.45, 2.75) is 33.3 Å². The van der Waals surface area contributed by atoms with Gasteiger partial charge in [0.15, 0.2) is 0 Å². The number of hydrogen-bond acceptors (Lipinski definition) is 3. The number of nitrogens with one attached hydrogen (secondary N) is 1. The summed E-state index contributed by atoms with van der Waals surface area (Å²) < 4.78 is 18.4. The first-order valence-corrected chi connectivity index (χ1v) is 5.15. The SMILES string of the molecule is C=N/C(CNC(=O)OC(C)(C)C)=C(/F)C(=C)C. The summed E-state index contributed by atoms with van der Waals surface area (Å²) in [6, 6.07) is 0. The average Bonchev–Trinajstić information content (AvgIpc) is 2.15. The Morgan fingerprint density at radius 1 is 1.47 bits per heavy atom. The van der Waals surface area contributed by atoms with Gasteiger partial charge >= 0.3 is 6.09 Å². The first-order chi connectivity index (χ1) is 7.67. The Labute approximate surface area is 101 Å². The molecule has 0 fully saturated rings. The van der Waals surface area contributed by atoms with E-state index in [-0.39, 0.29) is 17.8 Å².